The van der Waals surface area contributed by atoms with Crippen LogP contribution in [0, 0.1) is 5.41 Å². The highest BCUT2D eigenvalue weighted by molar-refractivity contribution is 5.84. The molecule has 0 aliphatic carbocycles. The van der Waals surface area contributed by atoms with E-state index in [1.807, 2.05) is 0 Å². The summed E-state index contributed by atoms with van der Waals surface area (Å²) in [5.74, 6) is -1.37. The topological polar surface area (TPSA) is 92.4 Å². The fourth-order valence-corrected chi connectivity index (χ4v) is 1.27. The SMILES string of the molecule is CC(C)(N)CC(=O)N[C@@H](C(=O)O)C(C)(C)C. The highest BCUT2D eigenvalue weighted by Gasteiger charge is 2.33. The second-order valence-electron chi connectivity index (χ2n) is 5.87. The van der Waals surface area contributed by atoms with E-state index in [0.29, 0.717) is 0 Å². The van der Waals surface area contributed by atoms with Crippen LogP contribution in [-0.2, 0) is 9.59 Å². The summed E-state index contributed by atoms with van der Waals surface area (Å²) in [4.78, 5) is 22.6. The first-order valence-electron chi connectivity index (χ1n) is 5.24. The Balaban J connectivity index is 4.56. The number of nitrogens with two attached hydrogens (primary N) is 1. The summed E-state index contributed by atoms with van der Waals surface area (Å²) >= 11 is 0. The van der Waals surface area contributed by atoms with Gasteiger partial charge in [0.15, 0.2) is 0 Å². The lowest BCUT2D eigenvalue weighted by Crippen LogP contribution is -2.51. The molecule has 0 heterocycles. The van der Waals surface area contributed by atoms with Crippen LogP contribution >= 0.6 is 0 Å². The number of hydrogen-bond donors (Lipinski definition) is 3. The number of carboxylic acids is 1. The Kier molecular flexibility index (Phi) is 4.49. The molecule has 0 aromatic heterocycles. The Morgan fingerprint density at radius 1 is 1.25 bits per heavy atom. The van der Waals surface area contributed by atoms with Crippen LogP contribution < -0.4 is 11.1 Å². The van der Waals surface area contributed by atoms with E-state index in [2.05, 4.69) is 5.32 Å². The molecule has 0 saturated carbocycles. The van der Waals surface area contributed by atoms with Crippen LogP contribution in [0.2, 0.25) is 0 Å². The smallest absolute Gasteiger partial charge is 0.326 e. The molecule has 0 spiro atoms. The maximum absolute atomic E-state index is 11.6. The minimum atomic E-state index is -1.03. The monoisotopic (exact) mass is 230 g/mol. The van der Waals surface area contributed by atoms with Crippen LogP contribution in [-0.4, -0.2) is 28.6 Å². The van der Waals surface area contributed by atoms with Gasteiger partial charge in [-0.25, -0.2) is 4.79 Å². The number of hydrogen-bond acceptors (Lipinski definition) is 3. The zero-order chi connectivity index (χ0) is 13.1. The number of nitrogens with one attached hydrogen (secondary N) is 1. The Labute approximate surface area is 96.4 Å². The van der Waals surface area contributed by atoms with Crippen molar-refractivity contribution < 1.29 is 14.7 Å². The van der Waals surface area contributed by atoms with E-state index in [-0.39, 0.29) is 12.3 Å². The first kappa shape index (κ1) is 14.9. The van der Waals surface area contributed by atoms with Gasteiger partial charge in [-0.3, -0.25) is 4.79 Å². The van der Waals surface area contributed by atoms with Gasteiger partial charge in [0.25, 0.3) is 0 Å². The third-order valence-corrected chi connectivity index (χ3v) is 2.03. The van der Waals surface area contributed by atoms with Crippen molar-refractivity contribution in [2.45, 2.75) is 52.6 Å². The van der Waals surface area contributed by atoms with E-state index in [1.165, 1.54) is 0 Å². The molecule has 0 bridgehead atoms. The molecule has 0 rings (SSSR count). The van der Waals surface area contributed by atoms with E-state index in [4.69, 9.17) is 10.8 Å². The lowest BCUT2D eigenvalue weighted by atomic mass is 9.86. The maximum Gasteiger partial charge on any atom is 0.326 e. The van der Waals surface area contributed by atoms with Gasteiger partial charge in [-0.05, 0) is 19.3 Å². The fraction of sp³-hybridized carbons (Fsp3) is 0.818. The largest absolute Gasteiger partial charge is 0.480 e. The van der Waals surface area contributed by atoms with Crippen LogP contribution in [0.4, 0.5) is 0 Å². The van der Waals surface area contributed by atoms with Crippen molar-refractivity contribution in [3.05, 3.63) is 0 Å². The molecule has 94 valence electrons. The van der Waals surface area contributed by atoms with Crippen LogP contribution in [0.1, 0.15) is 41.0 Å². The lowest BCUT2D eigenvalue weighted by molar-refractivity contribution is -0.145. The van der Waals surface area contributed by atoms with Gasteiger partial charge in [-0.1, -0.05) is 20.8 Å². The number of amides is 1. The van der Waals surface area contributed by atoms with Gasteiger partial charge in [0.1, 0.15) is 6.04 Å². The molecule has 0 aromatic carbocycles. The molecule has 4 N–H and O–H groups in total. The molecule has 5 nitrogen and oxygen atoms in total. The summed E-state index contributed by atoms with van der Waals surface area (Å²) in [6.45, 7) is 8.73. The second kappa shape index (κ2) is 4.82. The van der Waals surface area contributed by atoms with Crippen LogP contribution in [0.3, 0.4) is 0 Å². The molecule has 5 heteroatoms. The zero-order valence-corrected chi connectivity index (χ0v) is 10.6. The van der Waals surface area contributed by atoms with Gasteiger partial charge >= 0.3 is 5.97 Å². The van der Waals surface area contributed by atoms with Gasteiger partial charge < -0.3 is 16.2 Å². The summed E-state index contributed by atoms with van der Waals surface area (Å²) in [6, 6.07) is -0.901. The predicted molar refractivity (Wildman–Crippen MR) is 61.9 cm³/mol. The lowest BCUT2D eigenvalue weighted by Gasteiger charge is -2.29. The summed E-state index contributed by atoms with van der Waals surface area (Å²) in [5.41, 5.74) is 4.53. The van der Waals surface area contributed by atoms with E-state index in [0.717, 1.165) is 0 Å². The Morgan fingerprint density at radius 3 is 1.94 bits per heavy atom. The molecule has 16 heavy (non-hydrogen) atoms. The number of carbonyl (C=O) groups is 2. The first-order chi connectivity index (χ1) is 6.93. The first-order valence-corrected chi connectivity index (χ1v) is 5.24. The van der Waals surface area contributed by atoms with E-state index < -0.39 is 23.0 Å². The fourth-order valence-electron chi connectivity index (χ4n) is 1.27. The summed E-state index contributed by atoms with van der Waals surface area (Å²) in [5, 5.41) is 11.5. The minimum absolute atomic E-state index is 0.104. The van der Waals surface area contributed by atoms with Crippen molar-refractivity contribution in [3.63, 3.8) is 0 Å². The molecular weight excluding hydrogens is 208 g/mol. The molecule has 0 aliphatic rings. The molecule has 0 aromatic rings. The van der Waals surface area contributed by atoms with E-state index in [1.54, 1.807) is 34.6 Å². The third kappa shape index (κ3) is 5.70. The number of carbonyl (C=O) groups excluding carboxylic acids is 1. The molecule has 0 aliphatic heterocycles. The molecule has 0 radical (unpaired) electrons. The Bertz CT molecular complexity index is 274. The van der Waals surface area contributed by atoms with Crippen molar-refractivity contribution in [2.24, 2.45) is 11.1 Å². The molecule has 1 atom stereocenters. The summed E-state index contributed by atoms with van der Waals surface area (Å²) in [7, 11) is 0. The van der Waals surface area contributed by atoms with Gasteiger partial charge in [-0.15, -0.1) is 0 Å². The maximum atomic E-state index is 11.6. The molecule has 1 amide bonds. The average Bonchev–Trinajstić information content (AvgIpc) is 1.93. The quantitative estimate of drug-likeness (QED) is 0.663. The Morgan fingerprint density at radius 2 is 1.69 bits per heavy atom. The highest BCUT2D eigenvalue weighted by atomic mass is 16.4. The van der Waals surface area contributed by atoms with Crippen molar-refractivity contribution in [1.29, 1.82) is 0 Å². The van der Waals surface area contributed by atoms with Crippen LogP contribution in [0.5, 0.6) is 0 Å². The normalized spacial score (nSPS) is 14.4. The van der Waals surface area contributed by atoms with Crippen LogP contribution in [0.25, 0.3) is 0 Å². The van der Waals surface area contributed by atoms with Gasteiger partial charge in [-0.2, -0.15) is 0 Å². The van der Waals surface area contributed by atoms with Gasteiger partial charge in [0.2, 0.25) is 5.91 Å². The summed E-state index contributed by atoms with van der Waals surface area (Å²) < 4.78 is 0. The summed E-state index contributed by atoms with van der Waals surface area (Å²) in [6.07, 6.45) is 0.104. The highest BCUT2D eigenvalue weighted by Crippen LogP contribution is 2.19. The third-order valence-electron chi connectivity index (χ3n) is 2.03. The molecular formula is C11H22N2O3. The number of aliphatic carboxylic acids is 1. The van der Waals surface area contributed by atoms with Gasteiger partial charge in [0.05, 0.1) is 0 Å². The number of carboxylic acid groups (broad SMARTS) is 1. The molecule has 0 saturated heterocycles. The average molecular weight is 230 g/mol. The molecule has 0 fully saturated rings. The second-order valence-corrected chi connectivity index (χ2v) is 5.87. The predicted octanol–water partition coefficient (Wildman–Crippen LogP) is 0.729. The van der Waals surface area contributed by atoms with E-state index >= 15 is 0 Å². The zero-order valence-electron chi connectivity index (χ0n) is 10.6. The van der Waals surface area contributed by atoms with Crippen molar-refractivity contribution in [3.8, 4) is 0 Å². The van der Waals surface area contributed by atoms with Crippen molar-refractivity contribution in [1.82, 2.24) is 5.32 Å². The standard InChI is InChI=1S/C11H22N2O3/c1-10(2,3)8(9(15)16)13-7(14)6-11(4,5)12/h8H,6,12H2,1-5H3,(H,13,14)(H,15,16)/t8-/m0/s1. The van der Waals surface area contributed by atoms with Crippen molar-refractivity contribution >= 4 is 11.9 Å². The van der Waals surface area contributed by atoms with Gasteiger partial charge in [0, 0.05) is 12.0 Å². The minimum Gasteiger partial charge on any atom is -0.480 e. The number of rotatable bonds is 4. The van der Waals surface area contributed by atoms with Crippen molar-refractivity contribution in [2.75, 3.05) is 0 Å². The Hall–Kier alpha value is -1.10. The van der Waals surface area contributed by atoms with E-state index in [9.17, 15) is 9.59 Å². The van der Waals surface area contributed by atoms with Crippen LogP contribution in [0.15, 0.2) is 0 Å². The molecule has 0 unspecified atom stereocenters.